The number of methoxy groups -OCH3 is 1. The Hall–Kier alpha value is -4.87. The van der Waals surface area contributed by atoms with Crippen molar-refractivity contribution in [3.8, 4) is 17.2 Å². The van der Waals surface area contributed by atoms with Crippen molar-refractivity contribution in [3.05, 3.63) is 119 Å². The number of rotatable bonds is 12. The van der Waals surface area contributed by atoms with Crippen LogP contribution in [0.3, 0.4) is 0 Å². The van der Waals surface area contributed by atoms with Crippen LogP contribution >= 0.6 is 22.9 Å². The van der Waals surface area contributed by atoms with Crippen molar-refractivity contribution < 1.29 is 33.3 Å². The summed E-state index contributed by atoms with van der Waals surface area (Å²) in [5, 5.41) is 0.635. The van der Waals surface area contributed by atoms with Crippen LogP contribution in [0.4, 0.5) is 0 Å². The number of nitrogens with zero attached hydrogens (tertiary/aromatic N) is 2. The number of allylic oxidation sites excluding steroid dienone is 1. The molecule has 1 atom stereocenters. The van der Waals surface area contributed by atoms with Crippen LogP contribution in [-0.2, 0) is 25.7 Å². The molecule has 0 N–H and O–H groups in total. The maximum atomic E-state index is 14.0. The zero-order chi connectivity index (χ0) is 33.5. The molecule has 0 aliphatic carbocycles. The van der Waals surface area contributed by atoms with Crippen LogP contribution in [0.2, 0.25) is 5.02 Å². The summed E-state index contributed by atoms with van der Waals surface area (Å²) in [7, 11) is 1.27. The van der Waals surface area contributed by atoms with E-state index in [4.69, 9.17) is 30.5 Å². The zero-order valence-corrected chi connectivity index (χ0v) is 27.9. The van der Waals surface area contributed by atoms with Crippen LogP contribution in [0.1, 0.15) is 43.5 Å². The number of esters is 2. The second-order valence-corrected chi connectivity index (χ2v) is 11.7. The minimum Gasteiger partial charge on any atom is -0.490 e. The second kappa shape index (κ2) is 15.1. The fourth-order valence-electron chi connectivity index (χ4n) is 4.97. The van der Waals surface area contributed by atoms with Crippen LogP contribution < -0.4 is 29.1 Å². The normalized spacial score (nSPS) is 14.2. The van der Waals surface area contributed by atoms with Gasteiger partial charge in [-0.3, -0.25) is 9.36 Å². The van der Waals surface area contributed by atoms with Gasteiger partial charge in [0.25, 0.3) is 5.56 Å². The fourth-order valence-corrected chi connectivity index (χ4v) is 6.21. The molecule has 0 fully saturated rings. The van der Waals surface area contributed by atoms with E-state index in [2.05, 4.69) is 9.73 Å². The highest BCUT2D eigenvalue weighted by Gasteiger charge is 2.34. The number of benzene rings is 3. The van der Waals surface area contributed by atoms with Crippen LogP contribution in [0, 0.1) is 0 Å². The quantitative estimate of drug-likeness (QED) is 0.193. The lowest BCUT2D eigenvalue weighted by atomic mass is 9.95. The number of hydrogen-bond acceptors (Lipinski definition) is 10. The van der Waals surface area contributed by atoms with Gasteiger partial charge in [-0.2, -0.15) is 0 Å². The molecule has 0 radical (unpaired) electrons. The lowest BCUT2D eigenvalue weighted by molar-refractivity contribution is -0.143. The molecular weight excluding hydrogens is 644 g/mol. The SMILES string of the molecule is CCOC(=O)C1=C(C)N=c2s/c(=C\c3ccc(OCc4ccccc4Cl)cc3)c(=O)n2[C@@H]1c1ccc(OCC(=O)OC)c(OCC)c1. The van der Waals surface area contributed by atoms with E-state index in [1.165, 1.54) is 23.0 Å². The first kappa shape index (κ1) is 33.5. The van der Waals surface area contributed by atoms with Crippen molar-refractivity contribution in [3.63, 3.8) is 0 Å². The third kappa shape index (κ3) is 7.58. The summed E-state index contributed by atoms with van der Waals surface area (Å²) in [6.07, 6.45) is 1.78. The number of hydrogen-bond donors (Lipinski definition) is 0. The molecule has 244 valence electrons. The minimum absolute atomic E-state index is 0.148. The molecule has 1 aliphatic rings. The minimum atomic E-state index is -0.859. The van der Waals surface area contributed by atoms with Gasteiger partial charge in [-0.05, 0) is 68.3 Å². The Bertz CT molecular complexity index is 2000. The summed E-state index contributed by atoms with van der Waals surface area (Å²) >= 11 is 7.46. The maximum Gasteiger partial charge on any atom is 0.343 e. The van der Waals surface area contributed by atoms with Gasteiger partial charge in [0.15, 0.2) is 22.9 Å². The molecule has 47 heavy (non-hydrogen) atoms. The number of ether oxygens (including phenoxy) is 5. The molecule has 5 rings (SSSR count). The lowest BCUT2D eigenvalue weighted by Crippen LogP contribution is -2.40. The maximum absolute atomic E-state index is 14.0. The summed E-state index contributed by atoms with van der Waals surface area (Å²) < 4.78 is 29.4. The number of carbonyl (C=O) groups is 2. The third-order valence-corrected chi connectivity index (χ3v) is 8.56. The first-order valence-corrected chi connectivity index (χ1v) is 16.1. The average molecular weight is 677 g/mol. The first-order chi connectivity index (χ1) is 22.7. The van der Waals surface area contributed by atoms with E-state index in [-0.39, 0.29) is 24.3 Å². The molecule has 12 heteroatoms. The number of carbonyl (C=O) groups excluding carboxylic acids is 2. The molecule has 1 aromatic heterocycles. The molecule has 0 bridgehead atoms. The third-order valence-electron chi connectivity index (χ3n) is 7.20. The number of fused-ring (bicyclic) bond motifs is 1. The molecule has 0 amide bonds. The van der Waals surface area contributed by atoms with Crippen molar-refractivity contribution in [1.29, 1.82) is 0 Å². The molecule has 4 aromatic rings. The molecule has 0 unspecified atom stereocenters. The predicted molar refractivity (Wildman–Crippen MR) is 178 cm³/mol. The Kier molecular flexibility index (Phi) is 10.8. The Morgan fingerprint density at radius 1 is 0.979 bits per heavy atom. The van der Waals surface area contributed by atoms with E-state index < -0.39 is 18.0 Å². The van der Waals surface area contributed by atoms with Crippen molar-refractivity contribution in [2.75, 3.05) is 26.9 Å². The highest BCUT2D eigenvalue weighted by atomic mass is 35.5. The van der Waals surface area contributed by atoms with Gasteiger partial charge in [0.05, 0.1) is 42.2 Å². The Balaban J connectivity index is 1.52. The van der Waals surface area contributed by atoms with E-state index in [0.717, 1.165) is 11.1 Å². The topological polar surface area (TPSA) is 115 Å². The van der Waals surface area contributed by atoms with Gasteiger partial charge in [-0.15, -0.1) is 0 Å². The Morgan fingerprint density at radius 3 is 2.45 bits per heavy atom. The van der Waals surface area contributed by atoms with Crippen LogP contribution in [0.25, 0.3) is 6.08 Å². The highest BCUT2D eigenvalue weighted by molar-refractivity contribution is 7.07. The molecule has 1 aliphatic heterocycles. The molecule has 0 spiro atoms. The van der Waals surface area contributed by atoms with E-state index >= 15 is 0 Å². The van der Waals surface area contributed by atoms with Gasteiger partial charge >= 0.3 is 11.9 Å². The number of aromatic nitrogens is 1. The molecule has 0 saturated heterocycles. The average Bonchev–Trinajstić information content (AvgIpc) is 3.37. The molecular formula is C35H33ClN2O8S. The Morgan fingerprint density at radius 2 is 1.74 bits per heavy atom. The van der Waals surface area contributed by atoms with E-state index in [1.807, 2.05) is 55.5 Å². The van der Waals surface area contributed by atoms with Gasteiger partial charge in [0.1, 0.15) is 12.4 Å². The van der Waals surface area contributed by atoms with E-state index in [0.29, 0.717) is 56.1 Å². The molecule has 3 aromatic carbocycles. The molecule has 10 nitrogen and oxygen atoms in total. The van der Waals surface area contributed by atoms with Gasteiger partial charge in [-0.1, -0.05) is 59.3 Å². The van der Waals surface area contributed by atoms with Gasteiger partial charge in [0.2, 0.25) is 0 Å². The van der Waals surface area contributed by atoms with E-state index in [9.17, 15) is 14.4 Å². The van der Waals surface area contributed by atoms with E-state index in [1.54, 1.807) is 38.1 Å². The Labute approximate surface area is 280 Å². The monoisotopic (exact) mass is 676 g/mol. The van der Waals surface area contributed by atoms with Gasteiger partial charge < -0.3 is 23.7 Å². The lowest BCUT2D eigenvalue weighted by Gasteiger charge is -2.25. The summed E-state index contributed by atoms with van der Waals surface area (Å²) in [6, 6.07) is 19.0. The number of halogens is 1. The van der Waals surface area contributed by atoms with Crippen molar-refractivity contribution in [2.24, 2.45) is 4.99 Å². The predicted octanol–water partition coefficient (Wildman–Crippen LogP) is 4.98. The van der Waals surface area contributed by atoms with Crippen LogP contribution in [0.15, 0.2) is 87.8 Å². The zero-order valence-electron chi connectivity index (χ0n) is 26.3. The standard InChI is InChI=1S/C35H33ClN2O8S/c1-5-43-28-18-23(13-16-27(28)46-20-30(39)42-4)32-31(34(41)44-6-2)21(3)37-35-38(32)33(40)29(47-35)17-22-11-14-25(15-12-22)45-19-24-9-7-8-10-26(24)36/h7-18,32H,5-6,19-20H2,1-4H3/b29-17-/t32-/m1/s1. The smallest absolute Gasteiger partial charge is 0.343 e. The summed E-state index contributed by atoms with van der Waals surface area (Å²) in [6.45, 7) is 5.71. The van der Waals surface area contributed by atoms with Crippen LogP contribution in [-0.4, -0.2) is 43.4 Å². The van der Waals surface area contributed by atoms with Crippen molar-refractivity contribution in [2.45, 2.75) is 33.4 Å². The van der Waals surface area contributed by atoms with Gasteiger partial charge in [-0.25, -0.2) is 14.6 Å². The molecule has 0 saturated carbocycles. The highest BCUT2D eigenvalue weighted by Crippen LogP contribution is 2.36. The summed E-state index contributed by atoms with van der Waals surface area (Å²) in [5.74, 6) is 0.176. The second-order valence-electron chi connectivity index (χ2n) is 10.3. The van der Waals surface area contributed by atoms with Crippen LogP contribution in [0.5, 0.6) is 17.2 Å². The van der Waals surface area contributed by atoms with Crippen molar-refractivity contribution >= 4 is 41.0 Å². The molecule has 2 heterocycles. The van der Waals surface area contributed by atoms with Crippen molar-refractivity contribution in [1.82, 2.24) is 4.57 Å². The largest absolute Gasteiger partial charge is 0.490 e. The summed E-state index contributed by atoms with van der Waals surface area (Å²) in [4.78, 5) is 44.1. The first-order valence-electron chi connectivity index (χ1n) is 14.9. The fraction of sp³-hybridized carbons (Fsp3) is 0.257. The summed E-state index contributed by atoms with van der Waals surface area (Å²) in [5.41, 5.74) is 2.58. The van der Waals surface area contributed by atoms with Gasteiger partial charge in [0, 0.05) is 10.6 Å². The number of thiazole rings is 1.